The number of carbonyl (C=O) groups is 4. The first-order chi connectivity index (χ1) is 16.9. The molecule has 7 nitrogen and oxygen atoms in total. The van der Waals surface area contributed by atoms with Gasteiger partial charge in [-0.15, -0.1) is 0 Å². The van der Waals surface area contributed by atoms with Gasteiger partial charge >= 0.3 is 0 Å². The van der Waals surface area contributed by atoms with Crippen LogP contribution in [-0.4, -0.2) is 36.1 Å². The van der Waals surface area contributed by atoms with E-state index in [0.717, 1.165) is 4.90 Å². The van der Waals surface area contributed by atoms with E-state index in [0.29, 0.717) is 10.6 Å². The van der Waals surface area contributed by atoms with E-state index in [4.69, 9.17) is 21.1 Å². The molecule has 3 aromatic rings. The quantitative estimate of drug-likeness (QED) is 0.409. The predicted molar refractivity (Wildman–Crippen MR) is 126 cm³/mol. The number of rotatable bonds is 3. The zero-order valence-corrected chi connectivity index (χ0v) is 19.2. The molecule has 0 unspecified atom stereocenters. The van der Waals surface area contributed by atoms with Crippen LogP contribution in [0.4, 0.5) is 5.69 Å². The van der Waals surface area contributed by atoms with Crippen molar-refractivity contribution in [3.63, 3.8) is 0 Å². The molecule has 2 heterocycles. The molecule has 0 saturated carbocycles. The van der Waals surface area contributed by atoms with Crippen molar-refractivity contribution in [1.82, 2.24) is 0 Å². The molecule has 2 aliphatic heterocycles. The van der Waals surface area contributed by atoms with Crippen molar-refractivity contribution in [3.8, 4) is 5.75 Å². The number of hydrogen-bond acceptors (Lipinski definition) is 6. The van der Waals surface area contributed by atoms with Crippen molar-refractivity contribution in [2.45, 2.75) is 11.7 Å². The van der Waals surface area contributed by atoms with Gasteiger partial charge in [-0.1, -0.05) is 66.2 Å². The number of hydrogen-bond donors (Lipinski definition) is 0. The highest BCUT2D eigenvalue weighted by atomic mass is 35.5. The van der Waals surface area contributed by atoms with Gasteiger partial charge in [0.15, 0.2) is 0 Å². The van der Waals surface area contributed by atoms with Crippen molar-refractivity contribution < 1.29 is 28.7 Å². The van der Waals surface area contributed by atoms with E-state index < -0.39 is 46.9 Å². The van der Waals surface area contributed by atoms with Gasteiger partial charge in [0.05, 0.1) is 30.7 Å². The fourth-order valence-corrected chi connectivity index (χ4v) is 5.70. The topological polar surface area (TPSA) is 90.0 Å². The smallest absolute Gasteiger partial charge is 0.241 e. The third-order valence-corrected chi connectivity index (χ3v) is 7.26. The molecular formula is C27H18ClNO6. The van der Waals surface area contributed by atoms with Crippen LogP contribution in [0, 0.1) is 11.8 Å². The van der Waals surface area contributed by atoms with Crippen LogP contribution in [0.25, 0.3) is 0 Å². The molecule has 6 rings (SSSR count). The number of methoxy groups -OCH3 is 1. The van der Waals surface area contributed by atoms with Crippen LogP contribution >= 0.6 is 11.6 Å². The number of anilines is 1. The highest BCUT2D eigenvalue weighted by molar-refractivity contribution is 6.37. The second-order valence-corrected chi connectivity index (χ2v) is 9.16. The summed E-state index contributed by atoms with van der Waals surface area (Å²) in [6, 6.07) is 19.8. The van der Waals surface area contributed by atoms with Gasteiger partial charge in [-0.2, -0.15) is 0 Å². The second kappa shape index (κ2) is 7.60. The minimum atomic E-state index is -2.12. The highest BCUT2D eigenvalue weighted by Crippen LogP contribution is 2.58. The Bertz CT molecular complexity index is 1400. The Morgan fingerprint density at radius 1 is 0.857 bits per heavy atom. The Hall–Kier alpha value is -3.81. The molecule has 2 fully saturated rings. The summed E-state index contributed by atoms with van der Waals surface area (Å²) in [6.07, 6.45) is -0.977. The Morgan fingerprint density at radius 2 is 1.49 bits per heavy atom. The Kier molecular flexibility index (Phi) is 4.71. The fraction of sp³-hybridized carbons (Fsp3) is 0.185. The van der Waals surface area contributed by atoms with E-state index in [9.17, 15) is 19.2 Å². The Balaban J connectivity index is 1.56. The largest absolute Gasteiger partial charge is 0.495 e. The summed E-state index contributed by atoms with van der Waals surface area (Å²) in [5.41, 5.74) is -1.01. The third-order valence-electron chi connectivity index (χ3n) is 7.03. The van der Waals surface area contributed by atoms with Gasteiger partial charge in [0.2, 0.25) is 29.0 Å². The number of benzene rings is 3. The normalized spacial score (nSPS) is 24.3. The standard InChI is InChI=1S/C27H18ClNO6/c1-34-19-12-11-15(28)13-18(19)29-25(32)20-21(26(29)33)27(35-22(20)14-7-3-2-4-8-14)23(30)16-9-5-6-10-17(16)24(27)31/h2-13,20-22H,1H3/t20-,21-,22+/m0/s1. The average Bonchev–Trinajstić information content (AvgIpc) is 3.44. The number of ketones is 2. The zero-order chi connectivity index (χ0) is 24.5. The lowest BCUT2D eigenvalue weighted by Crippen LogP contribution is -2.51. The van der Waals surface area contributed by atoms with E-state index in [-0.39, 0.29) is 22.6 Å². The summed E-state index contributed by atoms with van der Waals surface area (Å²) in [7, 11) is 1.41. The number of fused-ring (bicyclic) bond motifs is 3. The molecule has 3 atom stereocenters. The summed E-state index contributed by atoms with van der Waals surface area (Å²) < 4.78 is 11.6. The summed E-state index contributed by atoms with van der Waals surface area (Å²) in [4.78, 5) is 56.3. The van der Waals surface area contributed by atoms with Crippen molar-refractivity contribution in [3.05, 3.63) is 94.5 Å². The summed E-state index contributed by atoms with van der Waals surface area (Å²) in [5.74, 6) is -4.65. The lowest BCUT2D eigenvalue weighted by atomic mass is 9.77. The number of ether oxygens (including phenoxy) is 2. The van der Waals surface area contributed by atoms with Gasteiger partial charge in [0, 0.05) is 16.1 Å². The Labute approximate surface area is 205 Å². The number of carbonyl (C=O) groups excluding carboxylic acids is 4. The van der Waals surface area contributed by atoms with Gasteiger partial charge in [0.1, 0.15) is 5.75 Å². The molecule has 2 amide bonds. The number of Topliss-reactive ketones (excluding diaryl/α,β-unsaturated/α-hetero) is 2. The van der Waals surface area contributed by atoms with E-state index >= 15 is 0 Å². The molecule has 8 heteroatoms. The predicted octanol–water partition coefficient (Wildman–Crippen LogP) is 4.04. The maximum absolute atomic E-state index is 14.0. The molecule has 0 radical (unpaired) electrons. The molecule has 1 aliphatic carbocycles. The first-order valence-electron chi connectivity index (χ1n) is 11.0. The molecule has 174 valence electrons. The lowest BCUT2D eigenvalue weighted by molar-refractivity contribution is -0.127. The van der Waals surface area contributed by atoms with Gasteiger partial charge in [-0.05, 0) is 23.8 Å². The van der Waals surface area contributed by atoms with Crippen LogP contribution in [0.1, 0.15) is 32.4 Å². The van der Waals surface area contributed by atoms with Crippen molar-refractivity contribution >= 4 is 40.7 Å². The molecule has 0 bridgehead atoms. The number of imide groups is 1. The van der Waals surface area contributed by atoms with Crippen LogP contribution in [0.15, 0.2) is 72.8 Å². The first-order valence-corrected chi connectivity index (χ1v) is 11.4. The summed E-state index contributed by atoms with van der Waals surface area (Å²) >= 11 is 6.18. The first kappa shape index (κ1) is 21.7. The van der Waals surface area contributed by atoms with E-state index in [2.05, 4.69) is 0 Å². The summed E-state index contributed by atoms with van der Waals surface area (Å²) in [6.45, 7) is 0. The number of amides is 2. The van der Waals surface area contributed by atoms with Crippen LogP contribution in [0.2, 0.25) is 5.02 Å². The molecule has 1 spiro atoms. The molecule has 0 N–H and O–H groups in total. The molecule has 3 aromatic carbocycles. The van der Waals surface area contributed by atoms with Gasteiger partial charge < -0.3 is 9.47 Å². The second-order valence-electron chi connectivity index (χ2n) is 8.72. The number of nitrogens with zero attached hydrogens (tertiary/aromatic N) is 1. The average molecular weight is 488 g/mol. The molecule has 0 aromatic heterocycles. The fourth-order valence-electron chi connectivity index (χ4n) is 5.54. The van der Waals surface area contributed by atoms with Gasteiger partial charge in [-0.25, -0.2) is 4.90 Å². The van der Waals surface area contributed by atoms with E-state index in [1.165, 1.54) is 25.3 Å². The van der Waals surface area contributed by atoms with Crippen LogP contribution in [-0.2, 0) is 14.3 Å². The summed E-state index contributed by atoms with van der Waals surface area (Å²) in [5, 5.41) is 0.296. The molecule has 3 aliphatic rings. The van der Waals surface area contributed by atoms with Crippen LogP contribution in [0.5, 0.6) is 5.75 Å². The SMILES string of the molecule is COc1ccc(Cl)cc1N1C(=O)[C@@H]2[C@@H](c3ccccc3)OC3(C(=O)c4ccccc4C3=O)[C@@H]2C1=O. The van der Waals surface area contributed by atoms with E-state index in [1.54, 1.807) is 54.6 Å². The van der Waals surface area contributed by atoms with Crippen molar-refractivity contribution in [2.24, 2.45) is 11.8 Å². The molecule has 2 saturated heterocycles. The molecule has 35 heavy (non-hydrogen) atoms. The van der Waals surface area contributed by atoms with Crippen molar-refractivity contribution in [2.75, 3.05) is 12.0 Å². The van der Waals surface area contributed by atoms with Crippen LogP contribution in [0.3, 0.4) is 0 Å². The zero-order valence-electron chi connectivity index (χ0n) is 18.4. The number of halogens is 1. The van der Waals surface area contributed by atoms with Crippen molar-refractivity contribution in [1.29, 1.82) is 0 Å². The maximum Gasteiger partial charge on any atom is 0.241 e. The highest BCUT2D eigenvalue weighted by Gasteiger charge is 2.74. The van der Waals surface area contributed by atoms with Crippen LogP contribution < -0.4 is 9.64 Å². The van der Waals surface area contributed by atoms with Gasteiger partial charge in [0.25, 0.3) is 0 Å². The maximum atomic E-state index is 14.0. The molecular weight excluding hydrogens is 470 g/mol. The third kappa shape index (κ3) is 2.76. The van der Waals surface area contributed by atoms with Gasteiger partial charge in [-0.3, -0.25) is 19.2 Å². The van der Waals surface area contributed by atoms with E-state index in [1.807, 2.05) is 0 Å². The minimum absolute atomic E-state index is 0.154. The monoisotopic (exact) mass is 487 g/mol. The Morgan fingerprint density at radius 3 is 2.11 bits per heavy atom. The minimum Gasteiger partial charge on any atom is -0.495 e. The lowest BCUT2D eigenvalue weighted by Gasteiger charge is -2.27.